The van der Waals surface area contributed by atoms with Gasteiger partial charge in [-0.05, 0) is 25.5 Å². The number of aromatic nitrogens is 2. The van der Waals surface area contributed by atoms with Crippen LogP contribution in [0.5, 0.6) is 0 Å². The van der Waals surface area contributed by atoms with E-state index in [2.05, 4.69) is 20.6 Å². The number of aryl methyl sites for hydroxylation is 2. The Morgan fingerprint density at radius 3 is 2.46 bits per heavy atom. The van der Waals surface area contributed by atoms with Crippen LogP contribution in [-0.2, 0) is 12.8 Å². The van der Waals surface area contributed by atoms with Crippen LogP contribution in [0.25, 0.3) is 0 Å². The molecule has 1 atom stereocenters. The normalized spacial score (nSPS) is 11.8. The lowest BCUT2D eigenvalue weighted by atomic mass is 10.1. The molecule has 0 radical (unpaired) electrons. The SMILES string of the molecule is Cc1cc(C)nc(CCNC(=O)NCC(O)Cc2ccccc2)n1. The number of benzene rings is 1. The predicted octanol–water partition coefficient (Wildman–Crippen LogP) is 1.54. The maximum absolute atomic E-state index is 11.7. The van der Waals surface area contributed by atoms with Crippen LogP contribution in [0.1, 0.15) is 22.8 Å². The standard InChI is InChI=1S/C18H24N4O2/c1-13-10-14(2)22-17(21-13)8-9-19-18(24)20-12-16(23)11-15-6-4-3-5-7-15/h3-7,10,16,23H,8-9,11-12H2,1-2H3,(H2,19,20,24). The molecule has 6 heteroatoms. The molecule has 1 heterocycles. The van der Waals surface area contributed by atoms with Crippen LogP contribution in [0, 0.1) is 13.8 Å². The molecule has 128 valence electrons. The van der Waals surface area contributed by atoms with Crippen molar-refractivity contribution in [2.24, 2.45) is 0 Å². The molecule has 2 aromatic rings. The third kappa shape index (κ3) is 6.34. The van der Waals surface area contributed by atoms with Crippen molar-refractivity contribution in [3.05, 3.63) is 59.2 Å². The smallest absolute Gasteiger partial charge is 0.314 e. The summed E-state index contributed by atoms with van der Waals surface area (Å²) >= 11 is 0. The van der Waals surface area contributed by atoms with Gasteiger partial charge >= 0.3 is 6.03 Å². The highest BCUT2D eigenvalue weighted by Crippen LogP contribution is 2.02. The summed E-state index contributed by atoms with van der Waals surface area (Å²) in [6.07, 6.45) is 0.473. The molecule has 1 aromatic carbocycles. The molecule has 0 fully saturated rings. The van der Waals surface area contributed by atoms with E-state index in [9.17, 15) is 9.90 Å². The van der Waals surface area contributed by atoms with Gasteiger partial charge in [-0.3, -0.25) is 0 Å². The molecule has 0 saturated heterocycles. The van der Waals surface area contributed by atoms with Crippen molar-refractivity contribution >= 4 is 6.03 Å². The van der Waals surface area contributed by atoms with E-state index in [1.165, 1.54) is 0 Å². The number of hydrogen-bond donors (Lipinski definition) is 3. The molecule has 0 aliphatic rings. The summed E-state index contributed by atoms with van der Waals surface area (Å²) in [5.74, 6) is 0.719. The largest absolute Gasteiger partial charge is 0.391 e. The first-order chi connectivity index (χ1) is 11.5. The van der Waals surface area contributed by atoms with Crippen LogP contribution >= 0.6 is 0 Å². The average molecular weight is 328 g/mol. The van der Waals surface area contributed by atoms with E-state index in [0.29, 0.717) is 19.4 Å². The quantitative estimate of drug-likeness (QED) is 0.719. The monoisotopic (exact) mass is 328 g/mol. The van der Waals surface area contributed by atoms with Crippen LogP contribution in [0.15, 0.2) is 36.4 Å². The summed E-state index contributed by atoms with van der Waals surface area (Å²) in [5.41, 5.74) is 2.89. The highest BCUT2D eigenvalue weighted by atomic mass is 16.3. The van der Waals surface area contributed by atoms with Gasteiger partial charge in [-0.2, -0.15) is 0 Å². The molecule has 1 unspecified atom stereocenters. The van der Waals surface area contributed by atoms with E-state index < -0.39 is 6.10 Å². The molecule has 2 rings (SSSR count). The van der Waals surface area contributed by atoms with Crippen molar-refractivity contribution < 1.29 is 9.90 Å². The summed E-state index contributed by atoms with van der Waals surface area (Å²) in [5, 5.41) is 15.4. The zero-order valence-corrected chi connectivity index (χ0v) is 14.1. The molecule has 0 bridgehead atoms. The van der Waals surface area contributed by atoms with Crippen LogP contribution in [0.4, 0.5) is 4.79 Å². The first kappa shape index (κ1) is 17.9. The number of rotatable bonds is 7. The molecule has 3 N–H and O–H groups in total. The number of aliphatic hydroxyl groups is 1. The van der Waals surface area contributed by atoms with E-state index in [-0.39, 0.29) is 12.6 Å². The van der Waals surface area contributed by atoms with Gasteiger partial charge in [0.2, 0.25) is 0 Å². The highest BCUT2D eigenvalue weighted by molar-refractivity contribution is 5.73. The summed E-state index contributed by atoms with van der Waals surface area (Å²) < 4.78 is 0. The fraction of sp³-hybridized carbons (Fsp3) is 0.389. The maximum atomic E-state index is 11.7. The van der Waals surface area contributed by atoms with Gasteiger partial charge in [-0.25, -0.2) is 14.8 Å². The number of urea groups is 1. The fourth-order valence-electron chi connectivity index (χ4n) is 2.43. The van der Waals surface area contributed by atoms with Gasteiger partial charge in [0.25, 0.3) is 0 Å². The minimum Gasteiger partial charge on any atom is -0.391 e. The minimum absolute atomic E-state index is 0.209. The molecule has 2 amide bonds. The molecule has 1 aromatic heterocycles. The van der Waals surface area contributed by atoms with Gasteiger partial charge in [0.15, 0.2) is 0 Å². The number of aliphatic hydroxyl groups excluding tert-OH is 1. The number of carbonyl (C=O) groups is 1. The van der Waals surface area contributed by atoms with E-state index in [4.69, 9.17) is 0 Å². The fourth-order valence-corrected chi connectivity index (χ4v) is 2.43. The molecule has 24 heavy (non-hydrogen) atoms. The Bertz CT molecular complexity index is 641. The number of nitrogens with one attached hydrogen (secondary N) is 2. The first-order valence-electron chi connectivity index (χ1n) is 8.08. The van der Waals surface area contributed by atoms with Gasteiger partial charge in [0.1, 0.15) is 5.82 Å². The van der Waals surface area contributed by atoms with Crippen molar-refractivity contribution in [1.82, 2.24) is 20.6 Å². The van der Waals surface area contributed by atoms with Crippen molar-refractivity contribution in [3.8, 4) is 0 Å². The van der Waals surface area contributed by atoms with E-state index >= 15 is 0 Å². The Balaban J connectivity index is 1.66. The number of carbonyl (C=O) groups excluding carboxylic acids is 1. The van der Waals surface area contributed by atoms with Crippen molar-refractivity contribution in [2.75, 3.05) is 13.1 Å². The van der Waals surface area contributed by atoms with Crippen LogP contribution < -0.4 is 10.6 Å². The van der Waals surface area contributed by atoms with Gasteiger partial charge in [0, 0.05) is 37.3 Å². The second-order valence-corrected chi connectivity index (χ2v) is 5.80. The van der Waals surface area contributed by atoms with Crippen LogP contribution in [-0.4, -0.2) is 40.3 Å². The Morgan fingerprint density at radius 2 is 1.79 bits per heavy atom. The summed E-state index contributed by atoms with van der Waals surface area (Å²) in [6.45, 7) is 4.50. The molecule has 0 saturated carbocycles. The van der Waals surface area contributed by atoms with E-state index in [1.54, 1.807) is 0 Å². The predicted molar refractivity (Wildman–Crippen MR) is 92.8 cm³/mol. The number of nitrogens with zero attached hydrogens (tertiary/aromatic N) is 2. The summed E-state index contributed by atoms with van der Waals surface area (Å²) in [7, 11) is 0. The highest BCUT2D eigenvalue weighted by Gasteiger charge is 2.08. The van der Waals surface area contributed by atoms with Gasteiger partial charge < -0.3 is 15.7 Å². The van der Waals surface area contributed by atoms with Gasteiger partial charge in [-0.15, -0.1) is 0 Å². The number of hydrogen-bond acceptors (Lipinski definition) is 4. The van der Waals surface area contributed by atoms with Crippen LogP contribution in [0.2, 0.25) is 0 Å². The third-order valence-corrected chi connectivity index (χ3v) is 3.48. The maximum Gasteiger partial charge on any atom is 0.314 e. The Labute approximate surface area is 142 Å². The van der Waals surface area contributed by atoms with Gasteiger partial charge in [-0.1, -0.05) is 30.3 Å². The lowest BCUT2D eigenvalue weighted by Crippen LogP contribution is -2.41. The van der Waals surface area contributed by atoms with E-state index in [1.807, 2.05) is 50.2 Å². The molecule has 0 aliphatic heterocycles. The molecular formula is C18H24N4O2. The van der Waals surface area contributed by atoms with Crippen molar-refractivity contribution in [1.29, 1.82) is 0 Å². The second-order valence-electron chi connectivity index (χ2n) is 5.80. The Morgan fingerprint density at radius 1 is 1.12 bits per heavy atom. The van der Waals surface area contributed by atoms with Gasteiger partial charge in [0.05, 0.1) is 6.10 Å². The lowest BCUT2D eigenvalue weighted by Gasteiger charge is -2.12. The summed E-state index contributed by atoms with van der Waals surface area (Å²) in [6, 6.07) is 11.3. The molecular weight excluding hydrogens is 304 g/mol. The number of amides is 2. The van der Waals surface area contributed by atoms with E-state index in [0.717, 1.165) is 22.8 Å². The molecule has 0 spiro atoms. The molecule has 0 aliphatic carbocycles. The summed E-state index contributed by atoms with van der Waals surface area (Å²) in [4.78, 5) is 20.4. The zero-order valence-electron chi connectivity index (χ0n) is 14.1. The van der Waals surface area contributed by atoms with Crippen LogP contribution in [0.3, 0.4) is 0 Å². The molecule has 6 nitrogen and oxygen atoms in total. The Hall–Kier alpha value is -2.47. The topological polar surface area (TPSA) is 87.1 Å². The minimum atomic E-state index is -0.610. The second kappa shape index (κ2) is 8.98. The van der Waals surface area contributed by atoms with Crippen molar-refractivity contribution in [2.45, 2.75) is 32.8 Å². The zero-order chi connectivity index (χ0) is 17.4. The lowest BCUT2D eigenvalue weighted by molar-refractivity contribution is 0.170. The van der Waals surface area contributed by atoms with Crippen molar-refractivity contribution in [3.63, 3.8) is 0 Å². The third-order valence-electron chi connectivity index (χ3n) is 3.48. The first-order valence-corrected chi connectivity index (χ1v) is 8.08. The Kier molecular flexibility index (Phi) is 6.69. The average Bonchev–Trinajstić information content (AvgIpc) is 2.53.